The molecule has 1 aromatic carbocycles. The van der Waals surface area contributed by atoms with Crippen molar-refractivity contribution in [2.24, 2.45) is 5.92 Å². The van der Waals surface area contributed by atoms with E-state index < -0.39 is 17.7 Å². The molecule has 0 radical (unpaired) electrons. The summed E-state index contributed by atoms with van der Waals surface area (Å²) < 4.78 is 44.7. The van der Waals surface area contributed by atoms with Crippen LogP contribution in [0.5, 0.6) is 0 Å². The van der Waals surface area contributed by atoms with Gasteiger partial charge in [-0.05, 0) is 37.3 Å². The number of benzene rings is 1. The Balaban J connectivity index is 1.99. The summed E-state index contributed by atoms with van der Waals surface area (Å²) >= 11 is 0. The van der Waals surface area contributed by atoms with Gasteiger partial charge in [-0.15, -0.1) is 0 Å². The molecule has 3 nitrogen and oxygen atoms in total. The van der Waals surface area contributed by atoms with Crippen LogP contribution in [-0.2, 0) is 15.7 Å². The van der Waals surface area contributed by atoms with Crippen LogP contribution in [0.1, 0.15) is 50.2 Å². The molecule has 2 rings (SSSR count). The number of rotatable bonds is 5. The maximum atomic E-state index is 13.1. The lowest BCUT2D eigenvalue weighted by Crippen LogP contribution is -2.38. The lowest BCUT2D eigenvalue weighted by atomic mass is 9.89. The molecule has 1 aliphatic rings. The molecule has 24 heavy (non-hydrogen) atoms. The number of amides is 1. The summed E-state index contributed by atoms with van der Waals surface area (Å²) in [6.07, 6.45) is -2.28. The number of alkyl halides is 3. The van der Waals surface area contributed by atoms with Crippen LogP contribution in [0.2, 0.25) is 0 Å². The average Bonchev–Trinajstić information content (AvgIpc) is 2.54. The van der Waals surface area contributed by atoms with Crippen molar-refractivity contribution >= 4 is 5.91 Å². The van der Waals surface area contributed by atoms with Gasteiger partial charge in [0.2, 0.25) is 5.91 Å². The summed E-state index contributed by atoms with van der Waals surface area (Å²) in [4.78, 5) is 12.2. The van der Waals surface area contributed by atoms with Gasteiger partial charge in [-0.2, -0.15) is 13.2 Å². The molecule has 1 aliphatic heterocycles. The Morgan fingerprint density at radius 3 is 2.50 bits per heavy atom. The molecule has 0 bridgehead atoms. The number of ether oxygens (including phenoxy) is 1. The van der Waals surface area contributed by atoms with Gasteiger partial charge >= 0.3 is 6.18 Å². The summed E-state index contributed by atoms with van der Waals surface area (Å²) in [5.41, 5.74) is -0.424. The summed E-state index contributed by atoms with van der Waals surface area (Å²) in [5, 5.41) is 2.86. The van der Waals surface area contributed by atoms with E-state index in [1.807, 2.05) is 0 Å². The SMILES string of the molecule is CC(NC(=O)CC1CCOCC1)C(C)c1ccccc1C(F)(F)F. The Hall–Kier alpha value is -1.56. The van der Waals surface area contributed by atoms with Gasteiger partial charge < -0.3 is 10.1 Å². The van der Waals surface area contributed by atoms with Crippen LogP contribution in [0.15, 0.2) is 24.3 Å². The first-order chi connectivity index (χ1) is 11.3. The van der Waals surface area contributed by atoms with Crippen LogP contribution in [-0.4, -0.2) is 25.2 Å². The van der Waals surface area contributed by atoms with E-state index in [-0.39, 0.29) is 17.5 Å². The highest BCUT2D eigenvalue weighted by molar-refractivity contribution is 5.76. The number of hydrogen-bond acceptors (Lipinski definition) is 2. The Kier molecular flexibility index (Phi) is 6.27. The van der Waals surface area contributed by atoms with Crippen molar-refractivity contribution in [2.45, 2.75) is 51.2 Å². The first-order valence-electron chi connectivity index (χ1n) is 8.32. The van der Waals surface area contributed by atoms with Crippen molar-refractivity contribution in [2.75, 3.05) is 13.2 Å². The van der Waals surface area contributed by atoms with Crippen LogP contribution < -0.4 is 5.32 Å². The normalized spacial score (nSPS) is 18.9. The van der Waals surface area contributed by atoms with Crippen LogP contribution in [0, 0.1) is 5.92 Å². The number of nitrogens with one attached hydrogen (secondary N) is 1. The zero-order valence-corrected chi connectivity index (χ0v) is 14.0. The quantitative estimate of drug-likeness (QED) is 0.873. The van der Waals surface area contributed by atoms with E-state index in [2.05, 4.69) is 5.32 Å². The van der Waals surface area contributed by atoms with Gasteiger partial charge in [0.25, 0.3) is 0 Å². The van der Waals surface area contributed by atoms with Crippen molar-refractivity contribution in [1.82, 2.24) is 5.32 Å². The van der Waals surface area contributed by atoms with Crippen molar-refractivity contribution in [3.05, 3.63) is 35.4 Å². The van der Waals surface area contributed by atoms with Crippen LogP contribution in [0.3, 0.4) is 0 Å². The molecule has 1 fully saturated rings. The van der Waals surface area contributed by atoms with Crippen molar-refractivity contribution in [3.63, 3.8) is 0 Å². The summed E-state index contributed by atoms with van der Waals surface area (Å²) in [7, 11) is 0. The standard InChI is InChI=1S/C18H24F3NO2/c1-12(15-5-3-4-6-16(15)18(19,20)21)13(2)22-17(23)11-14-7-9-24-10-8-14/h3-6,12-14H,7-11H2,1-2H3,(H,22,23). The summed E-state index contributed by atoms with van der Waals surface area (Å²) in [6.45, 7) is 4.80. The zero-order valence-electron chi connectivity index (χ0n) is 14.0. The second-order valence-electron chi connectivity index (χ2n) is 6.49. The number of carbonyl (C=O) groups is 1. The maximum absolute atomic E-state index is 13.1. The molecule has 0 aliphatic carbocycles. The monoisotopic (exact) mass is 343 g/mol. The third-order valence-corrected chi connectivity index (χ3v) is 4.71. The average molecular weight is 343 g/mol. The summed E-state index contributed by atoms with van der Waals surface area (Å²) in [6, 6.07) is 5.17. The van der Waals surface area contributed by atoms with E-state index in [0.29, 0.717) is 25.6 Å². The first-order valence-corrected chi connectivity index (χ1v) is 8.32. The van der Waals surface area contributed by atoms with E-state index in [0.717, 1.165) is 18.9 Å². The molecule has 0 saturated carbocycles. The van der Waals surface area contributed by atoms with E-state index in [1.165, 1.54) is 12.1 Å². The van der Waals surface area contributed by atoms with Crippen LogP contribution in [0.25, 0.3) is 0 Å². The highest BCUT2D eigenvalue weighted by Crippen LogP contribution is 2.36. The molecule has 0 spiro atoms. The summed E-state index contributed by atoms with van der Waals surface area (Å²) in [5.74, 6) is -0.240. The molecular weight excluding hydrogens is 319 g/mol. The predicted molar refractivity (Wildman–Crippen MR) is 85.6 cm³/mol. The topological polar surface area (TPSA) is 38.3 Å². The largest absolute Gasteiger partial charge is 0.416 e. The van der Waals surface area contributed by atoms with E-state index >= 15 is 0 Å². The minimum atomic E-state index is -4.39. The van der Waals surface area contributed by atoms with Gasteiger partial charge in [-0.25, -0.2) is 0 Å². The third kappa shape index (κ3) is 4.97. The molecule has 134 valence electrons. The van der Waals surface area contributed by atoms with Gasteiger partial charge in [0.15, 0.2) is 0 Å². The molecule has 1 heterocycles. The Labute approximate surface area is 140 Å². The predicted octanol–water partition coefficient (Wildman–Crippen LogP) is 4.13. The molecule has 1 saturated heterocycles. The van der Waals surface area contributed by atoms with Crippen LogP contribution >= 0.6 is 0 Å². The number of halogens is 3. The second kappa shape index (κ2) is 8.01. The number of hydrogen-bond donors (Lipinski definition) is 1. The Morgan fingerprint density at radius 2 is 1.88 bits per heavy atom. The highest BCUT2D eigenvalue weighted by Gasteiger charge is 2.35. The molecule has 0 aromatic heterocycles. The Bertz CT molecular complexity index is 553. The van der Waals surface area contributed by atoms with Gasteiger partial charge in [0.1, 0.15) is 0 Å². The minimum Gasteiger partial charge on any atom is -0.381 e. The molecule has 2 atom stereocenters. The fourth-order valence-corrected chi connectivity index (χ4v) is 3.07. The van der Waals surface area contributed by atoms with E-state index in [1.54, 1.807) is 19.9 Å². The highest BCUT2D eigenvalue weighted by atomic mass is 19.4. The lowest BCUT2D eigenvalue weighted by molar-refractivity contribution is -0.138. The van der Waals surface area contributed by atoms with Gasteiger partial charge in [0.05, 0.1) is 5.56 Å². The van der Waals surface area contributed by atoms with Crippen LogP contribution in [0.4, 0.5) is 13.2 Å². The Morgan fingerprint density at radius 1 is 1.25 bits per heavy atom. The zero-order chi connectivity index (χ0) is 17.7. The minimum absolute atomic E-state index is 0.106. The smallest absolute Gasteiger partial charge is 0.381 e. The fourth-order valence-electron chi connectivity index (χ4n) is 3.07. The molecule has 1 N–H and O–H groups in total. The molecule has 1 amide bonds. The van der Waals surface area contributed by atoms with Crippen molar-refractivity contribution in [1.29, 1.82) is 0 Å². The van der Waals surface area contributed by atoms with Gasteiger partial charge in [-0.3, -0.25) is 4.79 Å². The molecular formula is C18H24F3NO2. The second-order valence-corrected chi connectivity index (χ2v) is 6.49. The van der Waals surface area contributed by atoms with Crippen molar-refractivity contribution in [3.8, 4) is 0 Å². The number of carbonyl (C=O) groups excluding carboxylic acids is 1. The van der Waals surface area contributed by atoms with E-state index in [9.17, 15) is 18.0 Å². The molecule has 6 heteroatoms. The fraction of sp³-hybridized carbons (Fsp3) is 0.611. The maximum Gasteiger partial charge on any atom is 0.416 e. The molecule has 1 aromatic rings. The molecule has 2 unspecified atom stereocenters. The van der Waals surface area contributed by atoms with E-state index in [4.69, 9.17) is 4.74 Å². The first kappa shape index (κ1) is 18.8. The van der Waals surface area contributed by atoms with Crippen molar-refractivity contribution < 1.29 is 22.7 Å². The lowest BCUT2D eigenvalue weighted by Gasteiger charge is -2.26. The van der Waals surface area contributed by atoms with Gasteiger partial charge in [0, 0.05) is 31.6 Å². The third-order valence-electron chi connectivity index (χ3n) is 4.71. The van der Waals surface area contributed by atoms with Gasteiger partial charge in [-0.1, -0.05) is 25.1 Å².